The SMILES string of the molecule is Cc1cccc(C2/C(=C(\O)c3ccc4c(c3)OCCO4)C(=O)C(=O)N2c2nc3c(F)cc(F)cc3s2)c1. The molecule has 7 nitrogen and oxygen atoms in total. The van der Waals surface area contributed by atoms with Gasteiger partial charge in [-0.25, -0.2) is 13.8 Å². The van der Waals surface area contributed by atoms with E-state index in [4.69, 9.17) is 9.47 Å². The summed E-state index contributed by atoms with van der Waals surface area (Å²) < 4.78 is 39.6. The number of carbonyl (C=O) groups is 2. The minimum atomic E-state index is -1.05. The Hall–Kier alpha value is -4.31. The van der Waals surface area contributed by atoms with Crippen molar-refractivity contribution in [1.29, 1.82) is 0 Å². The average molecular weight is 521 g/mol. The number of anilines is 1. The second kappa shape index (κ2) is 8.67. The van der Waals surface area contributed by atoms with E-state index in [0.29, 0.717) is 36.3 Å². The van der Waals surface area contributed by atoms with Crippen molar-refractivity contribution in [1.82, 2.24) is 4.98 Å². The summed E-state index contributed by atoms with van der Waals surface area (Å²) in [5.41, 5.74) is 1.40. The molecule has 1 fully saturated rings. The van der Waals surface area contributed by atoms with Crippen LogP contribution < -0.4 is 14.4 Å². The van der Waals surface area contributed by atoms with Crippen LogP contribution in [0, 0.1) is 18.6 Å². The molecule has 1 unspecified atom stereocenters. The van der Waals surface area contributed by atoms with Crippen molar-refractivity contribution in [3.63, 3.8) is 0 Å². The van der Waals surface area contributed by atoms with Crippen LogP contribution in [0.15, 0.2) is 60.2 Å². The van der Waals surface area contributed by atoms with Crippen LogP contribution in [-0.4, -0.2) is 35.0 Å². The molecule has 4 aromatic rings. The fourth-order valence-corrected chi connectivity index (χ4v) is 5.61. The Morgan fingerprint density at radius 1 is 1.05 bits per heavy atom. The van der Waals surface area contributed by atoms with E-state index < -0.39 is 35.1 Å². The summed E-state index contributed by atoms with van der Waals surface area (Å²) in [6.45, 7) is 2.58. The van der Waals surface area contributed by atoms with Gasteiger partial charge in [-0.3, -0.25) is 14.5 Å². The number of aliphatic hydroxyl groups is 1. The van der Waals surface area contributed by atoms with Gasteiger partial charge in [0.2, 0.25) is 0 Å². The third-order valence-electron chi connectivity index (χ3n) is 6.23. The number of carbonyl (C=O) groups excluding carboxylic acids is 2. The molecule has 1 atom stereocenters. The lowest BCUT2D eigenvalue weighted by Gasteiger charge is -2.23. The topological polar surface area (TPSA) is 89.0 Å². The van der Waals surface area contributed by atoms with E-state index in [9.17, 15) is 23.5 Å². The van der Waals surface area contributed by atoms with Crippen molar-refractivity contribution in [3.05, 3.63) is 88.5 Å². The number of rotatable bonds is 3. The number of amides is 1. The Morgan fingerprint density at radius 3 is 2.62 bits per heavy atom. The molecular weight excluding hydrogens is 502 g/mol. The third-order valence-corrected chi connectivity index (χ3v) is 7.23. The predicted molar refractivity (Wildman–Crippen MR) is 133 cm³/mol. The van der Waals surface area contributed by atoms with Crippen molar-refractivity contribution < 1.29 is 33.0 Å². The number of aromatic nitrogens is 1. The molecule has 0 bridgehead atoms. The van der Waals surface area contributed by atoms with E-state index >= 15 is 0 Å². The number of halogens is 2. The first-order valence-electron chi connectivity index (χ1n) is 11.3. The maximum absolute atomic E-state index is 14.4. The predicted octanol–water partition coefficient (Wildman–Crippen LogP) is 5.28. The number of ketones is 1. The summed E-state index contributed by atoms with van der Waals surface area (Å²) in [6, 6.07) is 12.6. The van der Waals surface area contributed by atoms with Crippen molar-refractivity contribution in [2.24, 2.45) is 0 Å². The number of aryl methyl sites for hydroxylation is 1. The monoisotopic (exact) mass is 520 g/mol. The van der Waals surface area contributed by atoms with Gasteiger partial charge in [-0.05, 0) is 36.8 Å². The number of ether oxygens (including phenoxy) is 2. The van der Waals surface area contributed by atoms with Gasteiger partial charge in [0.1, 0.15) is 30.3 Å². The molecule has 37 heavy (non-hydrogen) atoms. The van der Waals surface area contributed by atoms with Crippen molar-refractivity contribution >= 4 is 44.1 Å². The van der Waals surface area contributed by atoms with Gasteiger partial charge >= 0.3 is 5.91 Å². The number of hydrogen-bond donors (Lipinski definition) is 1. The quantitative estimate of drug-likeness (QED) is 0.225. The zero-order valence-electron chi connectivity index (χ0n) is 19.3. The van der Waals surface area contributed by atoms with Crippen LogP contribution in [0.5, 0.6) is 11.5 Å². The van der Waals surface area contributed by atoms with Crippen LogP contribution in [0.2, 0.25) is 0 Å². The van der Waals surface area contributed by atoms with E-state index in [2.05, 4.69) is 4.98 Å². The minimum absolute atomic E-state index is 0.00864. The standard InChI is InChI=1S/C27H18F2N2O5S/c1-13-3-2-4-14(9-13)23-21(24(32)15-5-6-18-19(10-15)36-8-7-35-18)25(33)26(34)31(23)27-30-22-17(29)11-16(28)12-20(22)37-27/h2-6,9-12,23,32H,7-8H2,1H3/b24-21+. The first-order valence-corrected chi connectivity index (χ1v) is 12.2. The summed E-state index contributed by atoms with van der Waals surface area (Å²) in [6.07, 6.45) is 0. The van der Waals surface area contributed by atoms with Gasteiger partial charge < -0.3 is 14.6 Å². The van der Waals surface area contributed by atoms with Crippen LogP contribution in [-0.2, 0) is 9.59 Å². The van der Waals surface area contributed by atoms with E-state index in [1.54, 1.807) is 36.4 Å². The van der Waals surface area contributed by atoms with E-state index in [-0.39, 0.29) is 26.5 Å². The Kier molecular flexibility index (Phi) is 5.41. The van der Waals surface area contributed by atoms with Gasteiger partial charge in [0.05, 0.1) is 16.3 Å². The fourth-order valence-electron chi connectivity index (χ4n) is 4.58. The second-order valence-corrected chi connectivity index (χ2v) is 9.68. The maximum atomic E-state index is 14.4. The lowest BCUT2D eigenvalue weighted by Crippen LogP contribution is -2.29. The molecule has 1 aromatic heterocycles. The van der Waals surface area contributed by atoms with Gasteiger partial charge in [0, 0.05) is 11.6 Å². The molecule has 2 aliphatic rings. The lowest BCUT2D eigenvalue weighted by molar-refractivity contribution is -0.132. The summed E-state index contributed by atoms with van der Waals surface area (Å²) in [5, 5.41) is 11.4. The zero-order chi connectivity index (χ0) is 25.8. The fraction of sp³-hybridized carbons (Fsp3) is 0.148. The van der Waals surface area contributed by atoms with Gasteiger partial charge in [-0.2, -0.15) is 0 Å². The third kappa shape index (κ3) is 3.80. The molecule has 10 heteroatoms. The summed E-state index contributed by atoms with van der Waals surface area (Å²) >= 11 is 0.880. The van der Waals surface area contributed by atoms with Crippen LogP contribution in [0.1, 0.15) is 22.7 Å². The van der Waals surface area contributed by atoms with Gasteiger partial charge in [0.25, 0.3) is 5.78 Å². The normalized spacial score (nSPS) is 18.6. The van der Waals surface area contributed by atoms with Gasteiger partial charge in [-0.15, -0.1) is 0 Å². The Labute approximate surface area is 213 Å². The van der Waals surface area contributed by atoms with Crippen LogP contribution in [0.4, 0.5) is 13.9 Å². The number of hydrogen-bond acceptors (Lipinski definition) is 7. The molecule has 3 heterocycles. The van der Waals surface area contributed by atoms with Crippen LogP contribution in [0.25, 0.3) is 16.0 Å². The summed E-state index contributed by atoms with van der Waals surface area (Å²) in [5.74, 6) is -3.02. The molecule has 1 amide bonds. The highest BCUT2D eigenvalue weighted by molar-refractivity contribution is 7.22. The Balaban J connectivity index is 1.55. The number of benzene rings is 3. The molecular formula is C27H18F2N2O5S. The maximum Gasteiger partial charge on any atom is 0.301 e. The van der Waals surface area contributed by atoms with Gasteiger partial charge in [-0.1, -0.05) is 41.2 Å². The molecule has 0 saturated carbocycles. The zero-order valence-corrected chi connectivity index (χ0v) is 20.1. The highest BCUT2D eigenvalue weighted by Gasteiger charge is 2.48. The molecule has 3 aromatic carbocycles. The van der Waals surface area contributed by atoms with Crippen molar-refractivity contribution in [2.45, 2.75) is 13.0 Å². The molecule has 2 aliphatic heterocycles. The number of nitrogens with zero attached hydrogens (tertiary/aromatic N) is 2. The molecule has 0 aliphatic carbocycles. The molecule has 6 rings (SSSR count). The summed E-state index contributed by atoms with van der Waals surface area (Å²) in [7, 11) is 0. The molecule has 1 saturated heterocycles. The number of fused-ring (bicyclic) bond motifs is 2. The van der Waals surface area contributed by atoms with E-state index in [0.717, 1.165) is 27.9 Å². The molecule has 0 radical (unpaired) electrons. The largest absolute Gasteiger partial charge is 0.507 e. The van der Waals surface area contributed by atoms with E-state index in [1.807, 2.05) is 13.0 Å². The number of thiazole rings is 1. The van der Waals surface area contributed by atoms with Crippen LogP contribution in [0.3, 0.4) is 0 Å². The number of Topliss-reactive ketones (excluding diaryl/α,β-unsaturated/α-hetero) is 1. The first-order chi connectivity index (χ1) is 17.8. The van der Waals surface area contributed by atoms with E-state index in [1.165, 1.54) is 0 Å². The lowest BCUT2D eigenvalue weighted by atomic mass is 9.94. The highest BCUT2D eigenvalue weighted by Crippen LogP contribution is 2.45. The van der Waals surface area contributed by atoms with Crippen molar-refractivity contribution in [2.75, 3.05) is 18.1 Å². The minimum Gasteiger partial charge on any atom is -0.507 e. The molecule has 186 valence electrons. The average Bonchev–Trinajstić information content (AvgIpc) is 3.42. The second-order valence-electron chi connectivity index (χ2n) is 8.67. The molecule has 1 N–H and O–H groups in total. The van der Waals surface area contributed by atoms with Crippen LogP contribution >= 0.6 is 11.3 Å². The first kappa shape index (κ1) is 23.1. The number of aliphatic hydroxyl groups excluding tert-OH is 1. The highest BCUT2D eigenvalue weighted by atomic mass is 32.1. The smallest absolute Gasteiger partial charge is 0.301 e. The Morgan fingerprint density at radius 2 is 1.84 bits per heavy atom. The van der Waals surface area contributed by atoms with Gasteiger partial charge in [0.15, 0.2) is 22.4 Å². The molecule has 0 spiro atoms. The summed E-state index contributed by atoms with van der Waals surface area (Å²) in [4.78, 5) is 32.1. The van der Waals surface area contributed by atoms with Crippen molar-refractivity contribution in [3.8, 4) is 11.5 Å². The Bertz CT molecular complexity index is 1650.